The summed E-state index contributed by atoms with van der Waals surface area (Å²) in [6.07, 6.45) is 1.66. The Bertz CT molecular complexity index is 548. The molecule has 0 saturated carbocycles. The summed E-state index contributed by atoms with van der Waals surface area (Å²) in [5.74, 6) is -0.170. The molecule has 0 fully saturated rings. The lowest BCUT2D eigenvalue weighted by molar-refractivity contribution is 0.0691. The van der Waals surface area contributed by atoms with Crippen LogP contribution in [0.1, 0.15) is 48.3 Å². The van der Waals surface area contributed by atoms with Crippen LogP contribution in [0.25, 0.3) is 0 Å². The number of nitrogens with zero attached hydrogens (tertiary/aromatic N) is 2. The fourth-order valence-electron chi connectivity index (χ4n) is 1.91. The highest BCUT2D eigenvalue weighted by Gasteiger charge is 2.18. The van der Waals surface area contributed by atoms with Crippen molar-refractivity contribution in [2.45, 2.75) is 45.6 Å². The number of hydrogen-bond donors (Lipinski definition) is 1. The van der Waals surface area contributed by atoms with Crippen molar-refractivity contribution >= 4 is 17.7 Å². The second-order valence-corrected chi connectivity index (χ2v) is 6.60. The molecule has 20 heavy (non-hydrogen) atoms. The van der Waals surface area contributed by atoms with E-state index in [0.717, 1.165) is 29.9 Å². The van der Waals surface area contributed by atoms with Crippen LogP contribution in [0.2, 0.25) is 0 Å². The first-order valence-electron chi connectivity index (χ1n) is 6.52. The van der Waals surface area contributed by atoms with Crippen molar-refractivity contribution in [3.8, 4) is 6.07 Å². The number of nitriles is 1. The van der Waals surface area contributed by atoms with E-state index in [4.69, 9.17) is 5.26 Å². The van der Waals surface area contributed by atoms with Crippen LogP contribution >= 0.6 is 11.8 Å². The molecule has 1 heterocycles. The monoisotopic (exact) mass is 292 g/mol. The van der Waals surface area contributed by atoms with Gasteiger partial charge in [-0.05, 0) is 57.9 Å². The summed E-state index contributed by atoms with van der Waals surface area (Å²) in [6, 6.07) is 4.05. The second-order valence-electron chi connectivity index (χ2n) is 5.51. The Morgan fingerprint density at radius 1 is 1.50 bits per heavy atom. The van der Waals surface area contributed by atoms with Crippen molar-refractivity contribution < 1.29 is 9.90 Å². The number of carboxylic acids is 1. The molecule has 0 aliphatic rings. The quantitative estimate of drug-likeness (QED) is 0.637. The Labute approximate surface area is 124 Å². The van der Waals surface area contributed by atoms with Crippen LogP contribution in [0.4, 0.5) is 0 Å². The highest BCUT2D eigenvalue weighted by atomic mass is 32.2. The molecule has 0 amide bonds. The SMILES string of the molecule is Cc1cc(C)c(C(=O)O)c(SCCCC(C)(C)C#N)n1. The normalized spacial score (nSPS) is 11.2. The van der Waals surface area contributed by atoms with Crippen LogP contribution in [-0.2, 0) is 0 Å². The smallest absolute Gasteiger partial charge is 0.338 e. The summed E-state index contributed by atoms with van der Waals surface area (Å²) in [5, 5.41) is 18.8. The van der Waals surface area contributed by atoms with Gasteiger partial charge in [-0.15, -0.1) is 11.8 Å². The van der Waals surface area contributed by atoms with Crippen LogP contribution in [0, 0.1) is 30.6 Å². The number of carbonyl (C=O) groups is 1. The van der Waals surface area contributed by atoms with Gasteiger partial charge in [-0.1, -0.05) is 0 Å². The molecule has 0 unspecified atom stereocenters. The van der Waals surface area contributed by atoms with Crippen molar-refractivity contribution in [3.63, 3.8) is 0 Å². The molecule has 0 aliphatic carbocycles. The van der Waals surface area contributed by atoms with E-state index < -0.39 is 5.97 Å². The average Bonchev–Trinajstić information content (AvgIpc) is 2.33. The van der Waals surface area contributed by atoms with Gasteiger partial charge in [-0.3, -0.25) is 0 Å². The molecule has 108 valence electrons. The van der Waals surface area contributed by atoms with E-state index in [-0.39, 0.29) is 5.41 Å². The molecule has 0 atom stereocenters. The van der Waals surface area contributed by atoms with E-state index in [1.54, 1.807) is 13.0 Å². The van der Waals surface area contributed by atoms with Gasteiger partial charge in [0, 0.05) is 5.69 Å². The highest BCUT2D eigenvalue weighted by Crippen LogP contribution is 2.27. The predicted octanol–water partition coefficient (Wildman–Crippen LogP) is 3.82. The van der Waals surface area contributed by atoms with E-state index in [1.165, 1.54) is 11.8 Å². The number of aryl methyl sites for hydroxylation is 2. The van der Waals surface area contributed by atoms with Gasteiger partial charge < -0.3 is 5.11 Å². The molecule has 0 aliphatic heterocycles. The minimum absolute atomic E-state index is 0.292. The first-order valence-corrected chi connectivity index (χ1v) is 7.51. The summed E-state index contributed by atoms with van der Waals surface area (Å²) in [7, 11) is 0. The maximum Gasteiger partial charge on any atom is 0.338 e. The van der Waals surface area contributed by atoms with E-state index in [0.29, 0.717) is 10.6 Å². The van der Waals surface area contributed by atoms with Crippen LogP contribution in [0.5, 0.6) is 0 Å². The molecule has 4 nitrogen and oxygen atoms in total. The van der Waals surface area contributed by atoms with Gasteiger partial charge in [0.1, 0.15) is 5.03 Å². The van der Waals surface area contributed by atoms with Gasteiger partial charge in [0.2, 0.25) is 0 Å². The van der Waals surface area contributed by atoms with Gasteiger partial charge in [0.15, 0.2) is 0 Å². The Hall–Kier alpha value is -1.54. The molecule has 0 bridgehead atoms. The molecular formula is C15H20N2O2S. The number of aromatic nitrogens is 1. The minimum atomic E-state index is -0.935. The predicted molar refractivity (Wildman–Crippen MR) is 80.0 cm³/mol. The molecule has 1 N–H and O–H groups in total. The summed E-state index contributed by atoms with van der Waals surface area (Å²) in [5.41, 5.74) is 1.53. The Morgan fingerprint density at radius 3 is 2.70 bits per heavy atom. The number of carboxylic acid groups (broad SMARTS) is 1. The standard InChI is InChI=1S/C15H20N2O2S/c1-10-8-11(2)17-13(12(10)14(18)19)20-7-5-6-15(3,4)9-16/h8H,5-7H2,1-4H3,(H,18,19). The largest absolute Gasteiger partial charge is 0.478 e. The van der Waals surface area contributed by atoms with Gasteiger partial charge in [-0.2, -0.15) is 5.26 Å². The lowest BCUT2D eigenvalue weighted by Gasteiger charge is -2.14. The fourth-order valence-corrected chi connectivity index (χ4v) is 2.99. The molecule has 1 aromatic heterocycles. The Kier molecular flexibility index (Phi) is 5.58. The van der Waals surface area contributed by atoms with E-state index in [2.05, 4.69) is 11.1 Å². The van der Waals surface area contributed by atoms with Crippen LogP contribution in [-0.4, -0.2) is 21.8 Å². The zero-order chi connectivity index (χ0) is 15.3. The molecule has 0 aromatic carbocycles. The van der Waals surface area contributed by atoms with E-state index in [9.17, 15) is 9.90 Å². The lowest BCUT2D eigenvalue weighted by atomic mass is 9.90. The van der Waals surface area contributed by atoms with Gasteiger partial charge in [-0.25, -0.2) is 9.78 Å². The van der Waals surface area contributed by atoms with Gasteiger partial charge >= 0.3 is 5.97 Å². The van der Waals surface area contributed by atoms with E-state index >= 15 is 0 Å². The highest BCUT2D eigenvalue weighted by molar-refractivity contribution is 7.99. The second kappa shape index (κ2) is 6.76. The summed E-state index contributed by atoms with van der Waals surface area (Å²) >= 11 is 1.45. The van der Waals surface area contributed by atoms with Crippen molar-refractivity contribution in [3.05, 3.63) is 22.9 Å². The van der Waals surface area contributed by atoms with Crippen molar-refractivity contribution in [2.24, 2.45) is 5.41 Å². The molecule has 1 rings (SSSR count). The maximum absolute atomic E-state index is 11.3. The molecule has 0 spiro atoms. The third kappa shape index (κ3) is 4.53. The van der Waals surface area contributed by atoms with Crippen molar-refractivity contribution in [1.29, 1.82) is 5.26 Å². The Morgan fingerprint density at radius 2 is 2.15 bits per heavy atom. The average molecular weight is 292 g/mol. The van der Waals surface area contributed by atoms with Gasteiger partial charge in [0.05, 0.1) is 17.0 Å². The maximum atomic E-state index is 11.3. The van der Waals surface area contributed by atoms with Crippen molar-refractivity contribution in [2.75, 3.05) is 5.75 Å². The van der Waals surface area contributed by atoms with E-state index in [1.807, 2.05) is 20.8 Å². The molecule has 0 saturated heterocycles. The molecule has 0 radical (unpaired) electrons. The van der Waals surface area contributed by atoms with Crippen molar-refractivity contribution in [1.82, 2.24) is 4.98 Å². The number of aromatic carboxylic acids is 1. The first-order chi connectivity index (χ1) is 9.26. The lowest BCUT2D eigenvalue weighted by Crippen LogP contribution is -2.08. The molecule has 1 aromatic rings. The topological polar surface area (TPSA) is 74.0 Å². The van der Waals surface area contributed by atoms with Crippen LogP contribution < -0.4 is 0 Å². The summed E-state index contributed by atoms with van der Waals surface area (Å²) in [4.78, 5) is 15.6. The third-order valence-corrected chi connectivity index (χ3v) is 4.07. The zero-order valence-corrected chi connectivity index (χ0v) is 13.2. The number of thioether (sulfide) groups is 1. The molecular weight excluding hydrogens is 272 g/mol. The third-order valence-electron chi connectivity index (χ3n) is 3.01. The van der Waals surface area contributed by atoms with Gasteiger partial charge in [0.25, 0.3) is 0 Å². The molecule has 5 heteroatoms. The van der Waals surface area contributed by atoms with Crippen LogP contribution in [0.3, 0.4) is 0 Å². The Balaban J connectivity index is 2.74. The number of rotatable bonds is 6. The zero-order valence-electron chi connectivity index (χ0n) is 12.4. The first kappa shape index (κ1) is 16.5. The van der Waals surface area contributed by atoms with Crippen LogP contribution in [0.15, 0.2) is 11.1 Å². The number of pyridine rings is 1. The fraction of sp³-hybridized carbons (Fsp3) is 0.533. The minimum Gasteiger partial charge on any atom is -0.478 e. The summed E-state index contributed by atoms with van der Waals surface area (Å²) < 4.78 is 0. The summed E-state index contributed by atoms with van der Waals surface area (Å²) in [6.45, 7) is 7.48. The number of hydrogen-bond acceptors (Lipinski definition) is 4.